The maximum absolute atomic E-state index is 5.27. The molecule has 0 amide bonds. The molecule has 108 valence electrons. The molecule has 0 atom stereocenters. The Balaban J connectivity index is 2.15. The van der Waals surface area contributed by atoms with Crippen molar-refractivity contribution in [3.8, 4) is 17.0 Å². The summed E-state index contributed by atoms with van der Waals surface area (Å²) in [6, 6.07) is 10.3. The standard InChI is InChI=1S/C18H20N2O/c1-11(2)14-7-8-19-17-10-16(20-18(14)17)15-6-5-13(21-4)9-12(15)3/h5-11,20H,1-4H3. The third-order valence-corrected chi connectivity index (χ3v) is 3.90. The minimum Gasteiger partial charge on any atom is -0.497 e. The van der Waals surface area contributed by atoms with Gasteiger partial charge in [0, 0.05) is 17.5 Å². The first-order valence-electron chi connectivity index (χ1n) is 7.22. The molecule has 0 saturated carbocycles. The summed E-state index contributed by atoms with van der Waals surface area (Å²) in [5.41, 5.74) is 6.93. The van der Waals surface area contributed by atoms with Gasteiger partial charge in [-0.15, -0.1) is 0 Å². The van der Waals surface area contributed by atoms with Gasteiger partial charge in [0.15, 0.2) is 0 Å². The van der Waals surface area contributed by atoms with E-state index in [0.29, 0.717) is 5.92 Å². The molecule has 1 N–H and O–H groups in total. The van der Waals surface area contributed by atoms with Crippen molar-refractivity contribution in [1.29, 1.82) is 0 Å². The Bertz CT molecular complexity index is 787. The van der Waals surface area contributed by atoms with Crippen LogP contribution in [0, 0.1) is 6.92 Å². The highest BCUT2D eigenvalue weighted by molar-refractivity contribution is 5.86. The fraction of sp³-hybridized carbons (Fsp3) is 0.278. The molecule has 0 unspecified atom stereocenters. The van der Waals surface area contributed by atoms with Crippen molar-refractivity contribution in [3.05, 3.63) is 47.7 Å². The number of aryl methyl sites for hydroxylation is 1. The Labute approximate surface area is 125 Å². The lowest BCUT2D eigenvalue weighted by molar-refractivity contribution is 0.414. The molecule has 0 saturated heterocycles. The molecule has 3 rings (SSSR count). The number of aromatic nitrogens is 2. The largest absolute Gasteiger partial charge is 0.497 e. The molecule has 21 heavy (non-hydrogen) atoms. The van der Waals surface area contributed by atoms with Gasteiger partial charge in [0.05, 0.1) is 18.1 Å². The van der Waals surface area contributed by atoms with Crippen LogP contribution in [0.15, 0.2) is 36.5 Å². The van der Waals surface area contributed by atoms with E-state index in [-0.39, 0.29) is 0 Å². The first-order valence-corrected chi connectivity index (χ1v) is 7.22. The molecule has 0 radical (unpaired) electrons. The summed E-state index contributed by atoms with van der Waals surface area (Å²) in [5.74, 6) is 1.35. The quantitative estimate of drug-likeness (QED) is 0.757. The Hall–Kier alpha value is -2.29. The van der Waals surface area contributed by atoms with Crippen LogP contribution in [-0.4, -0.2) is 17.1 Å². The number of hydrogen-bond acceptors (Lipinski definition) is 2. The van der Waals surface area contributed by atoms with E-state index in [0.717, 1.165) is 22.5 Å². The summed E-state index contributed by atoms with van der Waals surface area (Å²) < 4.78 is 5.27. The van der Waals surface area contributed by atoms with Gasteiger partial charge in [-0.3, -0.25) is 4.98 Å². The van der Waals surface area contributed by atoms with E-state index in [2.05, 4.69) is 55.0 Å². The normalized spacial score (nSPS) is 11.3. The van der Waals surface area contributed by atoms with Gasteiger partial charge in [-0.1, -0.05) is 13.8 Å². The second-order valence-corrected chi connectivity index (χ2v) is 5.68. The zero-order valence-corrected chi connectivity index (χ0v) is 12.9. The average Bonchev–Trinajstić information content (AvgIpc) is 2.90. The van der Waals surface area contributed by atoms with Crippen molar-refractivity contribution in [1.82, 2.24) is 9.97 Å². The minimum atomic E-state index is 0.471. The summed E-state index contributed by atoms with van der Waals surface area (Å²) >= 11 is 0. The van der Waals surface area contributed by atoms with E-state index in [9.17, 15) is 0 Å². The second-order valence-electron chi connectivity index (χ2n) is 5.68. The molecule has 2 aromatic heterocycles. The fourth-order valence-corrected chi connectivity index (χ4v) is 2.74. The number of pyridine rings is 1. The van der Waals surface area contributed by atoms with Crippen LogP contribution in [0.2, 0.25) is 0 Å². The molecule has 3 aromatic rings. The SMILES string of the molecule is COc1ccc(-c2cc3nccc(C(C)C)c3[nH]2)c(C)c1. The summed E-state index contributed by atoms with van der Waals surface area (Å²) in [6.07, 6.45) is 1.89. The van der Waals surface area contributed by atoms with Crippen molar-refractivity contribution >= 4 is 11.0 Å². The van der Waals surface area contributed by atoms with E-state index in [1.807, 2.05) is 12.3 Å². The Kier molecular flexibility index (Phi) is 3.42. The van der Waals surface area contributed by atoms with E-state index in [1.54, 1.807) is 7.11 Å². The van der Waals surface area contributed by atoms with E-state index in [4.69, 9.17) is 4.74 Å². The molecule has 0 bridgehead atoms. The highest BCUT2D eigenvalue weighted by atomic mass is 16.5. The Morgan fingerprint density at radius 2 is 1.95 bits per heavy atom. The van der Waals surface area contributed by atoms with Crippen molar-refractivity contribution < 1.29 is 4.74 Å². The van der Waals surface area contributed by atoms with Crippen LogP contribution < -0.4 is 4.74 Å². The number of aromatic amines is 1. The van der Waals surface area contributed by atoms with Crippen molar-refractivity contribution in [2.45, 2.75) is 26.7 Å². The molecular formula is C18H20N2O. The van der Waals surface area contributed by atoms with Gasteiger partial charge in [-0.25, -0.2) is 0 Å². The van der Waals surface area contributed by atoms with Gasteiger partial charge in [-0.05, 0) is 54.3 Å². The predicted octanol–water partition coefficient (Wildman–Crippen LogP) is 4.67. The first-order chi connectivity index (χ1) is 10.1. The summed E-state index contributed by atoms with van der Waals surface area (Å²) in [4.78, 5) is 8.01. The first kappa shape index (κ1) is 13.7. The lowest BCUT2D eigenvalue weighted by Gasteiger charge is -2.07. The molecule has 0 aliphatic heterocycles. The third kappa shape index (κ3) is 2.40. The number of fused-ring (bicyclic) bond motifs is 1. The smallest absolute Gasteiger partial charge is 0.119 e. The van der Waals surface area contributed by atoms with Crippen LogP contribution in [0.1, 0.15) is 30.9 Å². The monoisotopic (exact) mass is 280 g/mol. The number of hydrogen-bond donors (Lipinski definition) is 1. The van der Waals surface area contributed by atoms with Crippen LogP contribution in [0.3, 0.4) is 0 Å². The van der Waals surface area contributed by atoms with Crippen LogP contribution >= 0.6 is 0 Å². The summed E-state index contributed by atoms with van der Waals surface area (Å²) in [5, 5.41) is 0. The minimum absolute atomic E-state index is 0.471. The van der Waals surface area contributed by atoms with Crippen LogP contribution in [0.5, 0.6) is 5.75 Å². The van der Waals surface area contributed by atoms with Crippen LogP contribution in [0.4, 0.5) is 0 Å². The highest BCUT2D eigenvalue weighted by Gasteiger charge is 2.11. The predicted molar refractivity (Wildman–Crippen MR) is 86.9 cm³/mol. The van der Waals surface area contributed by atoms with Gasteiger partial charge in [0.2, 0.25) is 0 Å². The Morgan fingerprint density at radius 1 is 1.14 bits per heavy atom. The van der Waals surface area contributed by atoms with Gasteiger partial charge in [0.1, 0.15) is 5.75 Å². The maximum atomic E-state index is 5.27. The van der Waals surface area contributed by atoms with Crippen molar-refractivity contribution in [3.63, 3.8) is 0 Å². The summed E-state index contributed by atoms with van der Waals surface area (Å²) in [6.45, 7) is 6.50. The second kappa shape index (κ2) is 5.24. The van der Waals surface area contributed by atoms with E-state index < -0.39 is 0 Å². The number of nitrogens with zero attached hydrogens (tertiary/aromatic N) is 1. The molecule has 3 nitrogen and oxygen atoms in total. The lowest BCUT2D eigenvalue weighted by atomic mass is 10.0. The average molecular weight is 280 g/mol. The maximum Gasteiger partial charge on any atom is 0.119 e. The van der Waals surface area contributed by atoms with E-state index >= 15 is 0 Å². The topological polar surface area (TPSA) is 37.9 Å². The zero-order valence-electron chi connectivity index (χ0n) is 12.9. The van der Waals surface area contributed by atoms with Crippen LogP contribution in [-0.2, 0) is 0 Å². The number of benzene rings is 1. The number of methoxy groups -OCH3 is 1. The molecule has 0 spiro atoms. The molecule has 0 fully saturated rings. The number of rotatable bonds is 3. The summed E-state index contributed by atoms with van der Waals surface area (Å²) in [7, 11) is 1.69. The fourth-order valence-electron chi connectivity index (χ4n) is 2.74. The third-order valence-electron chi connectivity index (χ3n) is 3.90. The molecular weight excluding hydrogens is 260 g/mol. The lowest BCUT2D eigenvalue weighted by Crippen LogP contribution is -1.90. The van der Waals surface area contributed by atoms with Gasteiger partial charge in [-0.2, -0.15) is 0 Å². The molecule has 1 aromatic carbocycles. The molecule has 2 heterocycles. The zero-order chi connectivity index (χ0) is 15.0. The highest BCUT2D eigenvalue weighted by Crippen LogP contribution is 2.31. The van der Waals surface area contributed by atoms with Gasteiger partial charge >= 0.3 is 0 Å². The van der Waals surface area contributed by atoms with Gasteiger partial charge < -0.3 is 9.72 Å². The molecule has 0 aliphatic rings. The molecule has 3 heteroatoms. The Morgan fingerprint density at radius 3 is 2.62 bits per heavy atom. The van der Waals surface area contributed by atoms with Crippen LogP contribution in [0.25, 0.3) is 22.3 Å². The van der Waals surface area contributed by atoms with Crippen molar-refractivity contribution in [2.75, 3.05) is 7.11 Å². The number of nitrogens with one attached hydrogen (secondary N) is 1. The number of ether oxygens (including phenoxy) is 1. The van der Waals surface area contributed by atoms with Crippen molar-refractivity contribution in [2.24, 2.45) is 0 Å². The number of H-pyrrole nitrogens is 1. The van der Waals surface area contributed by atoms with Gasteiger partial charge in [0.25, 0.3) is 0 Å². The molecule has 0 aliphatic carbocycles. The van der Waals surface area contributed by atoms with E-state index in [1.165, 1.54) is 16.7 Å².